The highest BCUT2D eigenvalue weighted by molar-refractivity contribution is 7.47. The number of nitrogens with one attached hydrogen (secondary N) is 1. The fourth-order valence-corrected chi connectivity index (χ4v) is 8.24. The molecule has 3 unspecified atom stereocenters. The summed E-state index contributed by atoms with van der Waals surface area (Å²) in [6, 6.07) is -1.55. The van der Waals surface area contributed by atoms with Crippen molar-refractivity contribution in [1.82, 2.24) is 5.32 Å². The Morgan fingerprint density at radius 3 is 1.32 bits per heavy atom. The number of hydrogen-bond donors (Lipinski definition) is 4. The van der Waals surface area contributed by atoms with Gasteiger partial charge in [0.05, 0.1) is 13.2 Å². The van der Waals surface area contributed by atoms with Crippen LogP contribution in [0.5, 0.6) is 0 Å². The molecule has 0 fully saturated rings. The summed E-state index contributed by atoms with van der Waals surface area (Å²) in [6.07, 6.45) is 50.5. The molecule has 11 nitrogen and oxygen atoms in total. The van der Waals surface area contributed by atoms with Crippen molar-refractivity contribution in [2.24, 2.45) is 0 Å². The summed E-state index contributed by atoms with van der Waals surface area (Å²) in [7, 11) is -4.76. The number of ether oxygens (including phenoxy) is 1. The lowest BCUT2D eigenvalue weighted by Gasteiger charge is -2.18. The number of aliphatic carboxylic acids is 1. The van der Waals surface area contributed by atoms with Gasteiger partial charge in [-0.1, -0.05) is 218 Å². The average molecular weight is 914 g/mol. The molecule has 0 saturated heterocycles. The highest BCUT2D eigenvalue weighted by atomic mass is 31.2. The second-order valence-corrected chi connectivity index (χ2v) is 19.2. The van der Waals surface area contributed by atoms with Gasteiger partial charge in [-0.25, -0.2) is 9.36 Å². The van der Waals surface area contributed by atoms with Gasteiger partial charge < -0.3 is 25.2 Å². The minimum atomic E-state index is -4.76. The molecule has 12 heteroatoms. The number of carboxylic acid groups (broad SMARTS) is 1. The number of allylic oxidation sites excluding steroid dienone is 4. The van der Waals surface area contributed by atoms with Gasteiger partial charge in [0.25, 0.3) is 0 Å². The lowest BCUT2D eigenvalue weighted by molar-refractivity contribution is -0.147. The molecule has 0 aromatic rings. The number of carboxylic acids is 1. The average Bonchev–Trinajstić information content (AvgIpc) is 3.26. The van der Waals surface area contributed by atoms with E-state index < -0.39 is 57.6 Å². The molecule has 0 aliphatic carbocycles. The third kappa shape index (κ3) is 46.3. The monoisotopic (exact) mass is 914 g/mol. The van der Waals surface area contributed by atoms with Crippen LogP contribution in [0.15, 0.2) is 24.3 Å². The number of hydrogen-bond acceptors (Lipinski definition) is 8. The summed E-state index contributed by atoms with van der Waals surface area (Å²) in [6.45, 7) is 2.62. The predicted molar refractivity (Wildman–Crippen MR) is 259 cm³/mol. The van der Waals surface area contributed by atoms with Crippen LogP contribution in [0.4, 0.5) is 0 Å². The molecule has 63 heavy (non-hydrogen) atoms. The van der Waals surface area contributed by atoms with Crippen molar-refractivity contribution in [3.05, 3.63) is 24.3 Å². The van der Waals surface area contributed by atoms with E-state index in [0.29, 0.717) is 12.8 Å². The third-order valence-electron chi connectivity index (χ3n) is 11.5. The van der Waals surface area contributed by atoms with E-state index in [0.717, 1.165) is 44.9 Å². The maximum absolute atomic E-state index is 12.4. The third-order valence-corrected chi connectivity index (χ3v) is 12.4. The second-order valence-electron chi connectivity index (χ2n) is 17.7. The van der Waals surface area contributed by atoms with Crippen LogP contribution in [-0.4, -0.2) is 64.9 Å². The van der Waals surface area contributed by atoms with Crippen molar-refractivity contribution in [3.8, 4) is 0 Å². The Bertz CT molecular complexity index is 1160. The molecule has 0 aliphatic rings. The van der Waals surface area contributed by atoms with Crippen molar-refractivity contribution >= 4 is 25.7 Å². The molecule has 370 valence electrons. The van der Waals surface area contributed by atoms with Gasteiger partial charge in [-0.05, 0) is 44.9 Å². The minimum Gasteiger partial charge on any atom is -0.480 e. The molecule has 0 heterocycles. The van der Waals surface area contributed by atoms with Crippen LogP contribution in [0.3, 0.4) is 0 Å². The minimum absolute atomic E-state index is 0.145. The van der Waals surface area contributed by atoms with E-state index in [2.05, 4.69) is 43.5 Å². The van der Waals surface area contributed by atoms with Gasteiger partial charge in [-0.2, -0.15) is 0 Å². The molecule has 4 N–H and O–H groups in total. The number of aliphatic hydroxyl groups is 1. The number of unbranched alkanes of at least 4 members (excludes halogenated alkanes) is 31. The van der Waals surface area contributed by atoms with Crippen molar-refractivity contribution in [2.75, 3.05) is 19.8 Å². The highest BCUT2D eigenvalue weighted by Crippen LogP contribution is 2.43. The molecule has 0 rings (SSSR count). The molecule has 3 atom stereocenters. The Morgan fingerprint density at radius 2 is 0.873 bits per heavy atom. The van der Waals surface area contributed by atoms with Gasteiger partial charge in [-0.15, -0.1) is 0 Å². The Labute approximate surface area is 385 Å². The summed E-state index contributed by atoms with van der Waals surface area (Å²) >= 11 is 0. The Hall–Kier alpha value is -2.04. The molecule has 1 amide bonds. The first kappa shape index (κ1) is 61.0. The lowest BCUT2D eigenvalue weighted by Crippen LogP contribution is -2.43. The topological polar surface area (TPSA) is 169 Å². The van der Waals surface area contributed by atoms with E-state index >= 15 is 0 Å². The maximum atomic E-state index is 12.4. The number of carbonyl (C=O) groups is 3. The zero-order chi connectivity index (χ0) is 46.3. The number of esters is 1. The van der Waals surface area contributed by atoms with Crippen LogP contribution in [0.2, 0.25) is 0 Å². The van der Waals surface area contributed by atoms with E-state index in [4.69, 9.17) is 13.8 Å². The molecule has 0 aliphatic heterocycles. The fourth-order valence-electron chi connectivity index (χ4n) is 7.47. The number of phosphoric ester groups is 1. The standard InChI is InChI=1S/C51H96NO10P/c1-3-5-7-9-11-13-15-17-19-21-23-24-25-26-28-30-32-34-36-38-40-42-49(54)52-48(51(56)57)46-62-63(58,59)61-45-47(53)44-60-50(55)43-41-39-37-35-33-31-29-27-22-20-18-16-14-12-10-8-6-4-2/h11,13,17,19,47-48,53H,3-10,12,14-16,18,20-46H2,1-2H3,(H,52,54)(H,56,57)(H,58,59)/b13-11-,19-17-. The quantitative estimate of drug-likeness (QED) is 0.0199. The Morgan fingerprint density at radius 1 is 0.508 bits per heavy atom. The largest absolute Gasteiger partial charge is 0.480 e. The number of carbonyl (C=O) groups excluding carboxylic acids is 2. The van der Waals surface area contributed by atoms with Crippen LogP contribution >= 0.6 is 7.82 Å². The van der Waals surface area contributed by atoms with Crippen molar-refractivity contribution in [1.29, 1.82) is 0 Å². The number of amides is 1. The van der Waals surface area contributed by atoms with Gasteiger partial charge in [0.15, 0.2) is 6.04 Å². The van der Waals surface area contributed by atoms with Crippen LogP contribution in [-0.2, 0) is 32.7 Å². The van der Waals surface area contributed by atoms with Crippen molar-refractivity contribution in [3.63, 3.8) is 0 Å². The van der Waals surface area contributed by atoms with Crippen LogP contribution < -0.4 is 5.32 Å². The first-order chi connectivity index (χ1) is 30.6. The van der Waals surface area contributed by atoms with E-state index in [-0.39, 0.29) is 12.8 Å². The first-order valence-corrected chi connectivity index (χ1v) is 27.4. The number of aliphatic hydroxyl groups excluding tert-OH is 1. The molecule has 0 bridgehead atoms. The molecule has 0 saturated carbocycles. The molecular formula is C51H96NO10P. The van der Waals surface area contributed by atoms with Crippen LogP contribution in [0, 0.1) is 0 Å². The van der Waals surface area contributed by atoms with Crippen molar-refractivity contribution < 1.29 is 47.8 Å². The molecule has 0 aromatic carbocycles. The van der Waals surface area contributed by atoms with E-state index in [1.54, 1.807) is 0 Å². The first-order valence-electron chi connectivity index (χ1n) is 25.9. The van der Waals surface area contributed by atoms with Gasteiger partial charge in [0.2, 0.25) is 5.91 Å². The summed E-state index contributed by atoms with van der Waals surface area (Å²) in [4.78, 5) is 46.1. The SMILES string of the molecule is CCCCC/C=C\C/C=C\CCCCCCCCCCCCCC(=O)NC(COP(=O)(O)OCC(O)COC(=O)CCCCCCCCCCCCCCCCCCCC)C(=O)O. The van der Waals surface area contributed by atoms with E-state index in [1.807, 2.05) is 0 Å². The van der Waals surface area contributed by atoms with Gasteiger partial charge in [-0.3, -0.25) is 18.6 Å². The number of phosphoric acid groups is 1. The van der Waals surface area contributed by atoms with Gasteiger partial charge in [0, 0.05) is 12.8 Å². The number of rotatable bonds is 49. The second kappa shape index (κ2) is 46.5. The molecular weight excluding hydrogens is 818 g/mol. The highest BCUT2D eigenvalue weighted by Gasteiger charge is 2.28. The van der Waals surface area contributed by atoms with E-state index in [9.17, 15) is 34.1 Å². The summed E-state index contributed by atoms with van der Waals surface area (Å²) in [5.41, 5.74) is 0. The fraction of sp³-hybridized carbons (Fsp3) is 0.863. The van der Waals surface area contributed by atoms with Crippen LogP contribution in [0.1, 0.15) is 251 Å². The van der Waals surface area contributed by atoms with Gasteiger partial charge >= 0.3 is 19.8 Å². The smallest absolute Gasteiger partial charge is 0.472 e. The van der Waals surface area contributed by atoms with Gasteiger partial charge in [0.1, 0.15) is 12.7 Å². The zero-order valence-electron chi connectivity index (χ0n) is 40.4. The maximum Gasteiger partial charge on any atom is 0.472 e. The predicted octanol–water partition coefficient (Wildman–Crippen LogP) is 14.2. The normalized spacial score (nSPS) is 13.7. The lowest BCUT2D eigenvalue weighted by atomic mass is 10.0. The molecule has 0 radical (unpaired) electrons. The summed E-state index contributed by atoms with van der Waals surface area (Å²) in [5, 5.41) is 21.9. The molecule has 0 aromatic heterocycles. The van der Waals surface area contributed by atoms with Crippen LogP contribution in [0.25, 0.3) is 0 Å². The van der Waals surface area contributed by atoms with Crippen molar-refractivity contribution in [2.45, 2.75) is 264 Å². The Kier molecular flexibility index (Phi) is 45.0. The molecule has 0 spiro atoms. The summed E-state index contributed by atoms with van der Waals surface area (Å²) < 4.78 is 27.0. The zero-order valence-corrected chi connectivity index (χ0v) is 41.3. The summed E-state index contributed by atoms with van der Waals surface area (Å²) in [5.74, 6) is -2.36. The Balaban J connectivity index is 3.80. The van der Waals surface area contributed by atoms with E-state index in [1.165, 1.54) is 167 Å².